The molecule has 2 fully saturated rings. The molecule has 24 heavy (non-hydrogen) atoms. The topological polar surface area (TPSA) is 60.9 Å². The number of anilines is 1. The molecule has 1 aromatic rings. The van der Waals surface area contributed by atoms with Gasteiger partial charge >= 0.3 is 11.8 Å². The molecule has 1 aromatic carbocycles. The lowest BCUT2D eigenvalue weighted by molar-refractivity contribution is -0.145. The average Bonchev–Trinajstić information content (AvgIpc) is 2.74. The van der Waals surface area contributed by atoms with Crippen LogP contribution in [0.1, 0.15) is 40.0 Å². The number of nitrogens with zero attached hydrogens (tertiary/aromatic N) is 2. The van der Waals surface area contributed by atoms with E-state index in [-0.39, 0.29) is 22.6 Å². The summed E-state index contributed by atoms with van der Waals surface area (Å²) in [6, 6.07) is 6.44. The van der Waals surface area contributed by atoms with Gasteiger partial charge in [0.05, 0.1) is 0 Å². The van der Waals surface area contributed by atoms with Crippen molar-refractivity contribution in [1.29, 1.82) is 0 Å². The molecule has 2 atom stereocenters. The number of phenols is 1. The SMILES string of the molecule is CN(C(=O)C(=O)N1CC2(C)CC1CC(C)(C)C2)c1ccc(O)cc1. The lowest BCUT2D eigenvalue weighted by Crippen LogP contribution is -2.46. The molecule has 1 saturated heterocycles. The number of carbonyl (C=O) groups excluding carboxylic acids is 2. The van der Waals surface area contributed by atoms with Crippen molar-refractivity contribution in [1.82, 2.24) is 4.90 Å². The van der Waals surface area contributed by atoms with Gasteiger partial charge in [-0.1, -0.05) is 20.8 Å². The van der Waals surface area contributed by atoms with E-state index >= 15 is 0 Å². The second-order valence-electron chi connectivity index (χ2n) is 8.53. The average molecular weight is 330 g/mol. The summed E-state index contributed by atoms with van der Waals surface area (Å²) in [5.74, 6) is -0.805. The first-order chi connectivity index (χ1) is 11.1. The standard InChI is InChI=1S/C19H26N2O3/c1-18(2)9-14-10-19(3,11-18)12-21(14)17(24)16(23)20(4)13-5-7-15(22)8-6-13/h5-8,14,22H,9-12H2,1-4H3. The van der Waals surface area contributed by atoms with Crippen LogP contribution >= 0.6 is 0 Å². The van der Waals surface area contributed by atoms with E-state index < -0.39 is 11.8 Å². The molecule has 130 valence electrons. The highest BCUT2D eigenvalue weighted by molar-refractivity contribution is 6.40. The molecule has 0 aromatic heterocycles. The second-order valence-corrected chi connectivity index (χ2v) is 8.53. The molecule has 2 amide bonds. The third-order valence-electron chi connectivity index (χ3n) is 5.40. The highest BCUT2D eigenvalue weighted by Crippen LogP contribution is 2.52. The van der Waals surface area contributed by atoms with Crippen molar-refractivity contribution in [3.63, 3.8) is 0 Å². The maximum atomic E-state index is 12.8. The van der Waals surface area contributed by atoms with E-state index in [1.54, 1.807) is 24.1 Å². The predicted molar refractivity (Wildman–Crippen MR) is 92.8 cm³/mol. The fourth-order valence-electron chi connectivity index (χ4n) is 4.76. The van der Waals surface area contributed by atoms with Crippen molar-refractivity contribution in [2.24, 2.45) is 10.8 Å². The van der Waals surface area contributed by atoms with Crippen molar-refractivity contribution in [2.75, 3.05) is 18.5 Å². The van der Waals surface area contributed by atoms with Crippen LogP contribution in [0.15, 0.2) is 24.3 Å². The number of likely N-dealkylation sites (N-methyl/N-ethyl adjacent to an activating group) is 1. The van der Waals surface area contributed by atoms with E-state index in [1.165, 1.54) is 17.0 Å². The molecule has 5 nitrogen and oxygen atoms in total. The molecule has 2 unspecified atom stereocenters. The summed E-state index contributed by atoms with van der Waals surface area (Å²) in [5.41, 5.74) is 0.915. The number of fused-ring (bicyclic) bond motifs is 2. The van der Waals surface area contributed by atoms with Crippen LogP contribution in [0.5, 0.6) is 5.75 Å². The Hall–Kier alpha value is -2.04. The van der Waals surface area contributed by atoms with E-state index in [0.29, 0.717) is 12.2 Å². The van der Waals surface area contributed by atoms with E-state index in [0.717, 1.165) is 19.3 Å². The largest absolute Gasteiger partial charge is 0.508 e. The smallest absolute Gasteiger partial charge is 0.316 e. The van der Waals surface area contributed by atoms with Crippen LogP contribution in [0, 0.1) is 10.8 Å². The molecular weight excluding hydrogens is 304 g/mol. The zero-order valence-corrected chi connectivity index (χ0v) is 14.9. The first-order valence-electron chi connectivity index (χ1n) is 8.48. The lowest BCUT2D eigenvalue weighted by Gasteiger charge is -2.39. The Bertz CT molecular complexity index is 668. The maximum Gasteiger partial charge on any atom is 0.316 e. The van der Waals surface area contributed by atoms with Gasteiger partial charge in [0.1, 0.15) is 5.75 Å². The summed E-state index contributed by atoms with van der Waals surface area (Å²) in [7, 11) is 1.60. The van der Waals surface area contributed by atoms with Crippen LogP contribution in [-0.2, 0) is 9.59 Å². The molecule has 0 spiro atoms. The zero-order valence-electron chi connectivity index (χ0n) is 14.9. The van der Waals surface area contributed by atoms with Crippen molar-refractivity contribution in [3.8, 4) is 5.75 Å². The van der Waals surface area contributed by atoms with Gasteiger partial charge in [0.25, 0.3) is 0 Å². The minimum Gasteiger partial charge on any atom is -0.508 e. The minimum atomic E-state index is -0.519. The number of benzene rings is 1. The normalized spacial score (nSPS) is 27.8. The molecule has 3 rings (SSSR count). The number of phenolic OH excluding ortho intramolecular Hbond substituents is 1. The monoisotopic (exact) mass is 330 g/mol. The Labute approximate surface area is 143 Å². The predicted octanol–water partition coefficient (Wildman–Crippen LogP) is 2.78. The minimum absolute atomic E-state index is 0.111. The number of likely N-dealkylation sites (tertiary alicyclic amines) is 1. The molecule has 1 N–H and O–H groups in total. The number of carbonyl (C=O) groups is 2. The summed E-state index contributed by atoms with van der Waals surface area (Å²) < 4.78 is 0. The van der Waals surface area contributed by atoms with Crippen LogP contribution in [-0.4, -0.2) is 41.5 Å². The number of rotatable bonds is 1. The zero-order chi connectivity index (χ0) is 17.7. The van der Waals surface area contributed by atoms with Crippen molar-refractivity contribution in [3.05, 3.63) is 24.3 Å². The molecule has 1 aliphatic heterocycles. The number of hydrogen-bond donors (Lipinski definition) is 1. The summed E-state index contributed by atoms with van der Waals surface area (Å²) in [5, 5.41) is 9.36. The molecule has 1 saturated carbocycles. The van der Waals surface area contributed by atoms with Gasteiger partial charge in [-0.3, -0.25) is 9.59 Å². The highest BCUT2D eigenvalue weighted by Gasteiger charge is 2.52. The molecule has 5 heteroatoms. The van der Waals surface area contributed by atoms with Crippen LogP contribution in [0.4, 0.5) is 5.69 Å². The maximum absolute atomic E-state index is 12.8. The first kappa shape index (κ1) is 16.8. The Balaban J connectivity index is 1.77. The molecule has 2 bridgehead atoms. The van der Waals surface area contributed by atoms with Gasteiger partial charge in [0, 0.05) is 25.3 Å². The molecule has 0 radical (unpaired) electrons. The van der Waals surface area contributed by atoms with Crippen LogP contribution in [0.25, 0.3) is 0 Å². The molecule has 1 aliphatic carbocycles. The van der Waals surface area contributed by atoms with E-state index in [9.17, 15) is 14.7 Å². The molecular formula is C19H26N2O3. The Kier molecular flexibility index (Phi) is 3.85. The van der Waals surface area contributed by atoms with Gasteiger partial charge in [-0.25, -0.2) is 0 Å². The Morgan fingerprint density at radius 1 is 1.17 bits per heavy atom. The second kappa shape index (κ2) is 5.50. The Morgan fingerprint density at radius 2 is 1.79 bits per heavy atom. The lowest BCUT2D eigenvalue weighted by atomic mass is 9.65. The van der Waals surface area contributed by atoms with Crippen molar-refractivity contribution >= 4 is 17.5 Å². The fraction of sp³-hybridized carbons (Fsp3) is 0.579. The quantitative estimate of drug-likeness (QED) is 0.806. The first-order valence-corrected chi connectivity index (χ1v) is 8.48. The Morgan fingerprint density at radius 3 is 2.42 bits per heavy atom. The summed E-state index contributed by atoms with van der Waals surface area (Å²) in [6.07, 6.45) is 3.02. The van der Waals surface area contributed by atoms with Gasteiger partial charge < -0.3 is 14.9 Å². The summed E-state index contributed by atoms with van der Waals surface area (Å²) >= 11 is 0. The van der Waals surface area contributed by atoms with Gasteiger partial charge in [0.2, 0.25) is 0 Å². The summed E-state index contributed by atoms with van der Waals surface area (Å²) in [4.78, 5) is 28.6. The van der Waals surface area contributed by atoms with Crippen molar-refractivity contribution < 1.29 is 14.7 Å². The number of hydrogen-bond acceptors (Lipinski definition) is 3. The van der Waals surface area contributed by atoms with E-state index in [4.69, 9.17) is 0 Å². The van der Waals surface area contributed by atoms with Crippen molar-refractivity contribution in [2.45, 2.75) is 46.1 Å². The summed E-state index contributed by atoms with van der Waals surface area (Å²) in [6.45, 7) is 7.38. The van der Waals surface area contributed by atoms with E-state index in [2.05, 4.69) is 20.8 Å². The van der Waals surface area contributed by atoms with E-state index in [1.807, 2.05) is 0 Å². The molecule has 2 aliphatic rings. The van der Waals surface area contributed by atoms with Crippen LogP contribution < -0.4 is 4.90 Å². The third-order valence-corrected chi connectivity index (χ3v) is 5.40. The van der Waals surface area contributed by atoms with Gasteiger partial charge in [-0.15, -0.1) is 0 Å². The third kappa shape index (κ3) is 2.99. The van der Waals surface area contributed by atoms with Crippen LogP contribution in [0.2, 0.25) is 0 Å². The number of aromatic hydroxyl groups is 1. The van der Waals surface area contributed by atoms with Crippen LogP contribution in [0.3, 0.4) is 0 Å². The van der Waals surface area contributed by atoms with Gasteiger partial charge in [0.15, 0.2) is 0 Å². The number of amides is 2. The van der Waals surface area contributed by atoms with Gasteiger partial charge in [-0.2, -0.15) is 0 Å². The fourth-order valence-corrected chi connectivity index (χ4v) is 4.76. The molecule has 1 heterocycles. The highest BCUT2D eigenvalue weighted by atomic mass is 16.3. The van der Waals surface area contributed by atoms with Gasteiger partial charge in [-0.05, 0) is 54.4 Å².